The number of fused-ring (bicyclic) bond motifs is 1. The molecule has 0 saturated carbocycles. The van der Waals surface area contributed by atoms with E-state index in [1.165, 1.54) is 18.4 Å². The summed E-state index contributed by atoms with van der Waals surface area (Å²) in [5.41, 5.74) is 3.60. The summed E-state index contributed by atoms with van der Waals surface area (Å²) in [7, 11) is 0. The molecule has 3 heterocycles. The average molecular weight is 320 g/mol. The summed E-state index contributed by atoms with van der Waals surface area (Å²) in [5.74, 6) is 2.17. The van der Waals surface area contributed by atoms with Gasteiger partial charge in [-0.15, -0.1) is 0 Å². The first-order valence-corrected chi connectivity index (χ1v) is 8.82. The molecule has 24 heavy (non-hydrogen) atoms. The quantitative estimate of drug-likeness (QED) is 0.729. The Kier molecular flexibility index (Phi) is 4.07. The molecule has 0 aliphatic carbocycles. The summed E-state index contributed by atoms with van der Waals surface area (Å²) in [5, 5.41) is 0. The summed E-state index contributed by atoms with van der Waals surface area (Å²) >= 11 is 0. The van der Waals surface area contributed by atoms with E-state index >= 15 is 0 Å². The lowest BCUT2D eigenvalue weighted by Gasteiger charge is -2.35. The van der Waals surface area contributed by atoms with E-state index < -0.39 is 0 Å². The molecule has 0 unspecified atom stereocenters. The zero-order valence-corrected chi connectivity index (χ0v) is 14.4. The van der Waals surface area contributed by atoms with E-state index in [1.54, 1.807) is 0 Å². The maximum Gasteiger partial charge on any atom is 0.132 e. The van der Waals surface area contributed by atoms with Crippen LogP contribution in [0.3, 0.4) is 0 Å². The van der Waals surface area contributed by atoms with Gasteiger partial charge in [0.1, 0.15) is 11.6 Å². The zero-order chi connectivity index (χ0) is 16.5. The van der Waals surface area contributed by atoms with E-state index in [0.717, 1.165) is 42.4 Å². The van der Waals surface area contributed by atoms with Crippen LogP contribution in [0.5, 0.6) is 0 Å². The third-order valence-electron chi connectivity index (χ3n) is 4.98. The van der Waals surface area contributed by atoms with Crippen LogP contribution < -0.4 is 0 Å². The fourth-order valence-electron chi connectivity index (χ4n) is 3.85. The summed E-state index contributed by atoms with van der Waals surface area (Å²) in [6, 6.07) is 13.2. The Morgan fingerprint density at radius 1 is 1.12 bits per heavy atom. The van der Waals surface area contributed by atoms with Crippen molar-refractivity contribution in [3.63, 3.8) is 0 Å². The Morgan fingerprint density at radius 2 is 1.96 bits per heavy atom. The third kappa shape index (κ3) is 2.82. The first-order chi connectivity index (χ1) is 11.7. The Labute approximate surface area is 143 Å². The molecule has 1 fully saturated rings. The van der Waals surface area contributed by atoms with Crippen LogP contribution in [0.1, 0.15) is 48.2 Å². The van der Waals surface area contributed by atoms with Gasteiger partial charge in [0.05, 0.1) is 17.8 Å². The molecule has 1 saturated heterocycles. The van der Waals surface area contributed by atoms with Crippen LogP contribution in [0.4, 0.5) is 0 Å². The Bertz CT molecular complexity index is 837. The van der Waals surface area contributed by atoms with Gasteiger partial charge in [0.15, 0.2) is 0 Å². The predicted octanol–water partition coefficient (Wildman–Crippen LogP) is 4.07. The SMILES string of the molecule is Cc1cc2cnc(C)n2c([C@H]2CCCCN2Cc2ccccc2)n1. The smallest absolute Gasteiger partial charge is 0.132 e. The fraction of sp³-hybridized carbons (Fsp3) is 0.400. The van der Waals surface area contributed by atoms with Gasteiger partial charge in [0.25, 0.3) is 0 Å². The largest absolute Gasteiger partial charge is 0.289 e. The molecular weight excluding hydrogens is 296 g/mol. The van der Waals surface area contributed by atoms with Crippen LogP contribution in [0.15, 0.2) is 42.6 Å². The van der Waals surface area contributed by atoms with Crippen molar-refractivity contribution in [2.24, 2.45) is 0 Å². The average Bonchev–Trinajstić information content (AvgIpc) is 2.96. The molecule has 124 valence electrons. The molecule has 1 aliphatic heterocycles. The van der Waals surface area contributed by atoms with Crippen LogP contribution >= 0.6 is 0 Å². The Morgan fingerprint density at radius 3 is 2.79 bits per heavy atom. The summed E-state index contributed by atoms with van der Waals surface area (Å²) < 4.78 is 2.24. The number of nitrogens with zero attached hydrogens (tertiary/aromatic N) is 4. The number of hydrogen-bond acceptors (Lipinski definition) is 3. The molecule has 1 aromatic carbocycles. The molecule has 3 aromatic rings. The highest BCUT2D eigenvalue weighted by molar-refractivity contribution is 5.48. The first kappa shape index (κ1) is 15.3. The fourth-order valence-corrected chi connectivity index (χ4v) is 3.85. The topological polar surface area (TPSA) is 33.4 Å². The van der Waals surface area contributed by atoms with Crippen molar-refractivity contribution >= 4 is 5.52 Å². The van der Waals surface area contributed by atoms with Crippen LogP contribution in [-0.4, -0.2) is 25.8 Å². The highest BCUT2D eigenvalue weighted by Gasteiger charge is 2.27. The van der Waals surface area contributed by atoms with Gasteiger partial charge in [-0.2, -0.15) is 0 Å². The van der Waals surface area contributed by atoms with Gasteiger partial charge in [-0.3, -0.25) is 9.30 Å². The van der Waals surface area contributed by atoms with Gasteiger partial charge in [0.2, 0.25) is 0 Å². The molecule has 4 nitrogen and oxygen atoms in total. The minimum Gasteiger partial charge on any atom is -0.289 e. The van der Waals surface area contributed by atoms with E-state index in [1.807, 2.05) is 6.20 Å². The lowest BCUT2D eigenvalue weighted by molar-refractivity contribution is 0.132. The van der Waals surface area contributed by atoms with Crippen molar-refractivity contribution in [1.29, 1.82) is 0 Å². The van der Waals surface area contributed by atoms with Gasteiger partial charge in [-0.1, -0.05) is 36.8 Å². The maximum absolute atomic E-state index is 4.93. The normalized spacial score (nSPS) is 19.0. The molecule has 0 amide bonds. The van der Waals surface area contributed by atoms with Crippen LogP contribution in [0.2, 0.25) is 0 Å². The molecule has 1 aliphatic rings. The van der Waals surface area contributed by atoms with Crippen molar-refractivity contribution in [3.8, 4) is 0 Å². The number of piperidine rings is 1. The molecule has 0 N–H and O–H groups in total. The molecule has 4 rings (SSSR count). The summed E-state index contributed by atoms with van der Waals surface area (Å²) in [6.45, 7) is 6.26. The van der Waals surface area contributed by atoms with Gasteiger partial charge >= 0.3 is 0 Å². The van der Waals surface area contributed by atoms with Gasteiger partial charge in [-0.25, -0.2) is 9.97 Å². The summed E-state index contributed by atoms with van der Waals surface area (Å²) in [4.78, 5) is 12.0. The second kappa shape index (κ2) is 6.36. The number of rotatable bonds is 3. The third-order valence-corrected chi connectivity index (χ3v) is 4.98. The maximum atomic E-state index is 4.93. The van der Waals surface area contributed by atoms with Crippen LogP contribution in [-0.2, 0) is 6.54 Å². The van der Waals surface area contributed by atoms with E-state index in [4.69, 9.17) is 4.98 Å². The Balaban J connectivity index is 1.74. The molecule has 0 bridgehead atoms. The van der Waals surface area contributed by atoms with Crippen molar-refractivity contribution in [3.05, 3.63) is 65.5 Å². The standard InChI is InChI=1S/C20H24N4/c1-15-12-18-13-21-16(2)24(18)20(22-15)19-10-6-7-11-23(19)14-17-8-4-3-5-9-17/h3-5,8-9,12-13,19H,6-7,10-11,14H2,1-2H3/t19-/m1/s1. The van der Waals surface area contributed by atoms with Crippen molar-refractivity contribution in [2.75, 3.05) is 6.54 Å². The number of aromatic nitrogens is 3. The summed E-state index contributed by atoms with van der Waals surface area (Å²) in [6.07, 6.45) is 5.65. The van der Waals surface area contributed by atoms with E-state index in [-0.39, 0.29) is 0 Å². The molecule has 2 aromatic heterocycles. The number of imidazole rings is 1. The van der Waals surface area contributed by atoms with Crippen molar-refractivity contribution in [2.45, 2.75) is 45.7 Å². The highest BCUT2D eigenvalue weighted by atomic mass is 15.2. The first-order valence-electron chi connectivity index (χ1n) is 8.82. The lowest BCUT2D eigenvalue weighted by Crippen LogP contribution is -2.34. The molecular formula is C20H24N4. The number of aryl methyl sites for hydroxylation is 2. The van der Waals surface area contributed by atoms with Gasteiger partial charge in [0, 0.05) is 12.2 Å². The van der Waals surface area contributed by atoms with E-state index in [0.29, 0.717) is 6.04 Å². The minimum absolute atomic E-state index is 0.356. The zero-order valence-electron chi connectivity index (χ0n) is 14.4. The Hall–Kier alpha value is -2.20. The predicted molar refractivity (Wildman–Crippen MR) is 95.9 cm³/mol. The molecule has 1 atom stereocenters. The van der Waals surface area contributed by atoms with E-state index in [2.05, 4.69) is 64.5 Å². The molecule has 0 radical (unpaired) electrons. The van der Waals surface area contributed by atoms with Crippen molar-refractivity contribution in [1.82, 2.24) is 19.3 Å². The molecule has 0 spiro atoms. The minimum atomic E-state index is 0.356. The highest BCUT2D eigenvalue weighted by Crippen LogP contribution is 2.32. The second-order valence-corrected chi connectivity index (χ2v) is 6.79. The second-order valence-electron chi connectivity index (χ2n) is 6.79. The number of likely N-dealkylation sites (tertiary alicyclic amines) is 1. The van der Waals surface area contributed by atoms with Crippen LogP contribution in [0, 0.1) is 13.8 Å². The van der Waals surface area contributed by atoms with E-state index in [9.17, 15) is 0 Å². The van der Waals surface area contributed by atoms with Crippen molar-refractivity contribution < 1.29 is 0 Å². The van der Waals surface area contributed by atoms with Gasteiger partial charge in [-0.05, 0) is 44.9 Å². The molecule has 4 heteroatoms. The lowest BCUT2D eigenvalue weighted by atomic mass is 10.00. The number of benzene rings is 1. The monoisotopic (exact) mass is 320 g/mol. The van der Waals surface area contributed by atoms with Crippen LogP contribution in [0.25, 0.3) is 5.52 Å². The van der Waals surface area contributed by atoms with Gasteiger partial charge < -0.3 is 0 Å². The number of hydrogen-bond donors (Lipinski definition) is 0.